The summed E-state index contributed by atoms with van der Waals surface area (Å²) in [4.78, 5) is 11.2. The van der Waals surface area contributed by atoms with Crippen LogP contribution in [0.25, 0.3) is 0 Å². The van der Waals surface area contributed by atoms with Crippen molar-refractivity contribution < 1.29 is 14.3 Å². The van der Waals surface area contributed by atoms with Crippen LogP contribution in [0.15, 0.2) is 24.5 Å². The predicted molar refractivity (Wildman–Crippen MR) is 60.4 cm³/mol. The van der Waals surface area contributed by atoms with Gasteiger partial charge in [0.05, 0.1) is 18.4 Å². The van der Waals surface area contributed by atoms with Gasteiger partial charge in [-0.15, -0.1) is 0 Å². The summed E-state index contributed by atoms with van der Waals surface area (Å²) < 4.78 is 10.0. The molecule has 0 aromatic rings. The van der Waals surface area contributed by atoms with Gasteiger partial charge in [0.2, 0.25) is 0 Å². The Morgan fingerprint density at radius 3 is 2.73 bits per heavy atom. The van der Waals surface area contributed by atoms with Crippen molar-refractivity contribution in [1.82, 2.24) is 0 Å². The van der Waals surface area contributed by atoms with Crippen LogP contribution in [0.2, 0.25) is 0 Å². The van der Waals surface area contributed by atoms with Gasteiger partial charge >= 0.3 is 5.97 Å². The van der Waals surface area contributed by atoms with Crippen molar-refractivity contribution in [3.05, 3.63) is 24.5 Å². The van der Waals surface area contributed by atoms with Crippen LogP contribution in [0, 0.1) is 0 Å². The monoisotopic (exact) mass is 212 g/mol. The van der Waals surface area contributed by atoms with Gasteiger partial charge in [-0.05, 0) is 13.3 Å². The first-order chi connectivity index (χ1) is 7.22. The number of ether oxygens (including phenoxy) is 2. The first-order valence-corrected chi connectivity index (χ1v) is 5.28. The molecule has 0 bridgehead atoms. The third kappa shape index (κ3) is 7.79. The van der Waals surface area contributed by atoms with Crippen LogP contribution in [-0.2, 0) is 14.3 Å². The third-order valence-corrected chi connectivity index (χ3v) is 1.78. The molecular weight excluding hydrogens is 192 g/mol. The van der Waals surface area contributed by atoms with Crippen molar-refractivity contribution >= 4 is 5.97 Å². The summed E-state index contributed by atoms with van der Waals surface area (Å²) in [5, 5.41) is 0. The molecule has 0 fully saturated rings. The van der Waals surface area contributed by atoms with E-state index >= 15 is 0 Å². The second-order valence-electron chi connectivity index (χ2n) is 3.27. The molecule has 0 aromatic carbocycles. The number of rotatable bonds is 8. The van der Waals surface area contributed by atoms with E-state index in [1.165, 1.54) is 12.3 Å². The number of carbonyl (C=O) groups is 1. The van der Waals surface area contributed by atoms with Crippen molar-refractivity contribution in [2.24, 2.45) is 0 Å². The van der Waals surface area contributed by atoms with Crippen LogP contribution >= 0.6 is 0 Å². The molecule has 0 heterocycles. The van der Waals surface area contributed by atoms with Crippen LogP contribution in [0.1, 0.15) is 33.1 Å². The molecule has 0 saturated carbocycles. The summed E-state index contributed by atoms with van der Waals surface area (Å²) in [6.07, 6.45) is 6.32. The molecule has 0 atom stereocenters. The Morgan fingerprint density at radius 1 is 1.40 bits per heavy atom. The van der Waals surface area contributed by atoms with Crippen LogP contribution in [0.5, 0.6) is 0 Å². The molecule has 86 valence electrons. The highest BCUT2D eigenvalue weighted by Crippen LogP contribution is 1.99. The molecule has 0 rings (SSSR count). The van der Waals surface area contributed by atoms with Gasteiger partial charge < -0.3 is 9.47 Å². The lowest BCUT2D eigenvalue weighted by molar-refractivity contribution is -0.137. The SMILES string of the molecule is C=CCOC(=O)C(C)=COCCCCC. The topological polar surface area (TPSA) is 35.5 Å². The van der Waals surface area contributed by atoms with Gasteiger partial charge in [-0.3, -0.25) is 0 Å². The number of unbranched alkanes of at least 4 members (excludes halogenated alkanes) is 2. The van der Waals surface area contributed by atoms with Crippen molar-refractivity contribution in [2.75, 3.05) is 13.2 Å². The zero-order valence-corrected chi connectivity index (χ0v) is 9.62. The van der Waals surface area contributed by atoms with Gasteiger partial charge in [-0.25, -0.2) is 4.79 Å². The standard InChI is InChI=1S/C12H20O3/c1-4-6-7-9-14-10-11(3)12(13)15-8-5-2/h5,10H,2,4,6-9H2,1,3H3. The Hall–Kier alpha value is -1.25. The van der Waals surface area contributed by atoms with Crippen LogP contribution in [-0.4, -0.2) is 19.2 Å². The highest BCUT2D eigenvalue weighted by Gasteiger charge is 2.04. The highest BCUT2D eigenvalue weighted by molar-refractivity contribution is 5.87. The number of esters is 1. The Labute approximate surface area is 91.8 Å². The van der Waals surface area contributed by atoms with E-state index in [9.17, 15) is 4.79 Å². The lowest BCUT2D eigenvalue weighted by Crippen LogP contribution is -2.06. The van der Waals surface area contributed by atoms with Gasteiger partial charge in [-0.1, -0.05) is 32.4 Å². The molecule has 0 amide bonds. The highest BCUT2D eigenvalue weighted by atomic mass is 16.5. The average Bonchev–Trinajstić information content (AvgIpc) is 2.25. The van der Waals surface area contributed by atoms with Gasteiger partial charge in [0.25, 0.3) is 0 Å². The minimum absolute atomic E-state index is 0.236. The minimum Gasteiger partial charge on any atom is -0.501 e. The molecule has 0 aromatic heterocycles. The van der Waals surface area contributed by atoms with Gasteiger partial charge in [0.1, 0.15) is 6.61 Å². The van der Waals surface area contributed by atoms with Crippen molar-refractivity contribution in [3.8, 4) is 0 Å². The predicted octanol–water partition coefficient (Wildman–Crippen LogP) is 2.83. The second kappa shape index (κ2) is 9.31. The van der Waals surface area contributed by atoms with E-state index in [0.717, 1.165) is 19.3 Å². The normalized spacial score (nSPS) is 10.9. The van der Waals surface area contributed by atoms with Crippen molar-refractivity contribution in [1.29, 1.82) is 0 Å². The average molecular weight is 212 g/mol. The molecule has 0 saturated heterocycles. The van der Waals surface area contributed by atoms with Gasteiger partial charge in [0, 0.05) is 0 Å². The van der Waals surface area contributed by atoms with Gasteiger partial charge in [-0.2, -0.15) is 0 Å². The van der Waals surface area contributed by atoms with E-state index in [0.29, 0.717) is 12.2 Å². The maximum atomic E-state index is 11.2. The molecule has 0 N–H and O–H groups in total. The smallest absolute Gasteiger partial charge is 0.337 e. The number of carbonyl (C=O) groups excluding carboxylic acids is 1. The zero-order chi connectivity index (χ0) is 11.5. The second-order valence-corrected chi connectivity index (χ2v) is 3.27. The molecule has 15 heavy (non-hydrogen) atoms. The molecule has 0 aliphatic rings. The molecule has 3 heteroatoms. The largest absolute Gasteiger partial charge is 0.501 e. The van der Waals surface area contributed by atoms with E-state index in [-0.39, 0.29) is 12.6 Å². The maximum Gasteiger partial charge on any atom is 0.337 e. The lowest BCUT2D eigenvalue weighted by Gasteiger charge is -2.03. The maximum absolute atomic E-state index is 11.2. The summed E-state index contributed by atoms with van der Waals surface area (Å²) in [5.41, 5.74) is 0.480. The lowest BCUT2D eigenvalue weighted by atomic mass is 10.3. The van der Waals surface area contributed by atoms with E-state index in [1.807, 2.05) is 0 Å². The van der Waals surface area contributed by atoms with Crippen molar-refractivity contribution in [2.45, 2.75) is 33.1 Å². The number of hydrogen-bond acceptors (Lipinski definition) is 3. The van der Waals surface area contributed by atoms with E-state index in [2.05, 4.69) is 13.5 Å². The summed E-state index contributed by atoms with van der Waals surface area (Å²) in [7, 11) is 0. The van der Waals surface area contributed by atoms with Crippen LogP contribution < -0.4 is 0 Å². The molecule has 0 unspecified atom stereocenters. The van der Waals surface area contributed by atoms with Crippen LogP contribution in [0.4, 0.5) is 0 Å². The van der Waals surface area contributed by atoms with E-state index in [4.69, 9.17) is 9.47 Å². The fourth-order valence-corrected chi connectivity index (χ4v) is 0.916. The summed E-state index contributed by atoms with van der Waals surface area (Å²) in [6.45, 7) is 8.15. The Kier molecular flexibility index (Phi) is 8.53. The molecular formula is C12H20O3. The molecule has 3 nitrogen and oxygen atoms in total. The summed E-state index contributed by atoms with van der Waals surface area (Å²) >= 11 is 0. The van der Waals surface area contributed by atoms with E-state index < -0.39 is 0 Å². The Morgan fingerprint density at radius 2 is 2.13 bits per heavy atom. The van der Waals surface area contributed by atoms with Gasteiger partial charge in [0.15, 0.2) is 0 Å². The fraction of sp³-hybridized carbons (Fsp3) is 0.583. The zero-order valence-electron chi connectivity index (χ0n) is 9.62. The summed E-state index contributed by atoms with van der Waals surface area (Å²) in [5.74, 6) is -0.356. The molecule has 0 aliphatic carbocycles. The third-order valence-electron chi connectivity index (χ3n) is 1.78. The Bertz CT molecular complexity index is 219. The van der Waals surface area contributed by atoms with E-state index in [1.54, 1.807) is 6.92 Å². The molecule has 0 aliphatic heterocycles. The molecule has 0 radical (unpaired) electrons. The minimum atomic E-state index is -0.356. The first kappa shape index (κ1) is 13.8. The van der Waals surface area contributed by atoms with Crippen molar-refractivity contribution in [3.63, 3.8) is 0 Å². The number of hydrogen-bond donors (Lipinski definition) is 0. The van der Waals surface area contributed by atoms with Crippen LogP contribution in [0.3, 0.4) is 0 Å². The molecule has 0 spiro atoms. The quantitative estimate of drug-likeness (QED) is 0.204. The fourth-order valence-electron chi connectivity index (χ4n) is 0.916. The Balaban J connectivity index is 3.67. The summed E-state index contributed by atoms with van der Waals surface area (Å²) in [6, 6.07) is 0. The first-order valence-electron chi connectivity index (χ1n) is 5.28.